The molecule has 1 fully saturated rings. The van der Waals surface area contributed by atoms with Gasteiger partial charge >= 0.3 is 5.97 Å². The number of halogens is 3. The molecule has 0 aromatic carbocycles. The van der Waals surface area contributed by atoms with E-state index in [9.17, 15) is 4.79 Å². The lowest BCUT2D eigenvalue weighted by molar-refractivity contribution is -0.142. The molecule has 6 heteroatoms. The van der Waals surface area contributed by atoms with Crippen molar-refractivity contribution in [2.24, 2.45) is 0 Å². The number of esters is 1. The summed E-state index contributed by atoms with van der Waals surface area (Å²) in [6, 6.07) is -0.407. The van der Waals surface area contributed by atoms with E-state index >= 15 is 0 Å². The summed E-state index contributed by atoms with van der Waals surface area (Å²) in [4.78, 5) is 10.8. The molecule has 0 aliphatic carbocycles. The van der Waals surface area contributed by atoms with Gasteiger partial charge in [0.05, 0.1) is 0 Å². The van der Waals surface area contributed by atoms with Gasteiger partial charge in [-0.2, -0.15) is 0 Å². The molecule has 3 nitrogen and oxygen atoms in total. The molecule has 2 unspecified atom stereocenters. The first-order chi connectivity index (χ1) is 4.91. The first-order valence-electron chi connectivity index (χ1n) is 2.94. The van der Waals surface area contributed by atoms with Gasteiger partial charge in [0, 0.05) is 0 Å². The van der Waals surface area contributed by atoms with Crippen molar-refractivity contribution >= 4 is 40.8 Å². The van der Waals surface area contributed by atoms with Crippen LogP contribution in [0, 0.1) is 0 Å². The summed E-state index contributed by atoms with van der Waals surface area (Å²) in [5.41, 5.74) is 0. The molecule has 0 radical (unpaired) electrons. The van der Waals surface area contributed by atoms with Crippen molar-refractivity contribution in [3.63, 3.8) is 0 Å². The summed E-state index contributed by atoms with van der Waals surface area (Å²) in [5, 5.41) is 2.68. The van der Waals surface area contributed by atoms with Crippen LogP contribution in [0.5, 0.6) is 0 Å². The van der Waals surface area contributed by atoms with E-state index in [1.54, 1.807) is 6.92 Å². The summed E-state index contributed by atoms with van der Waals surface area (Å²) in [6.45, 7) is 1.64. The second kappa shape index (κ2) is 2.98. The lowest BCUT2D eigenvalue weighted by atomic mass is 10.4. The maximum Gasteiger partial charge on any atom is 0.324 e. The molecule has 0 aromatic heterocycles. The molecule has 0 spiro atoms. The Balaban J connectivity index is 2.61. The number of nitrogens with one attached hydrogen (secondary N) is 1. The SMILES string of the molecule is CC1NC(C(Cl)(Cl)Cl)OC1=O. The molecule has 1 aliphatic rings. The second-order valence-electron chi connectivity index (χ2n) is 2.25. The number of carbonyl (C=O) groups is 1. The highest BCUT2D eigenvalue weighted by atomic mass is 35.6. The normalized spacial score (nSPS) is 32.2. The van der Waals surface area contributed by atoms with Crippen LogP contribution >= 0.6 is 34.8 Å². The fourth-order valence-corrected chi connectivity index (χ4v) is 1.03. The predicted molar refractivity (Wildman–Crippen MR) is 42.8 cm³/mol. The highest BCUT2D eigenvalue weighted by molar-refractivity contribution is 6.68. The molecule has 0 aromatic rings. The van der Waals surface area contributed by atoms with E-state index in [2.05, 4.69) is 5.32 Å². The third-order valence-electron chi connectivity index (χ3n) is 1.29. The molecule has 0 amide bonds. The molecule has 0 saturated carbocycles. The van der Waals surface area contributed by atoms with Gasteiger partial charge in [-0.05, 0) is 6.92 Å². The number of ether oxygens (including phenoxy) is 1. The number of alkyl halides is 3. The fourth-order valence-electron chi connectivity index (χ4n) is 0.709. The molecule has 11 heavy (non-hydrogen) atoms. The Hall–Kier alpha value is 0.300. The highest BCUT2D eigenvalue weighted by Gasteiger charge is 2.43. The van der Waals surface area contributed by atoms with Gasteiger partial charge in [0.1, 0.15) is 6.04 Å². The zero-order valence-electron chi connectivity index (χ0n) is 5.61. The van der Waals surface area contributed by atoms with Crippen LogP contribution in [-0.2, 0) is 9.53 Å². The van der Waals surface area contributed by atoms with Gasteiger partial charge in [0.15, 0.2) is 0 Å². The zero-order valence-corrected chi connectivity index (χ0v) is 7.87. The van der Waals surface area contributed by atoms with Crippen LogP contribution in [0.3, 0.4) is 0 Å². The Morgan fingerprint density at radius 3 is 2.27 bits per heavy atom. The van der Waals surface area contributed by atoms with Crippen molar-refractivity contribution in [3.8, 4) is 0 Å². The third kappa shape index (κ3) is 2.12. The van der Waals surface area contributed by atoms with E-state index in [1.165, 1.54) is 0 Å². The minimum Gasteiger partial charge on any atom is -0.441 e. The summed E-state index contributed by atoms with van der Waals surface area (Å²) >= 11 is 16.4. The highest BCUT2D eigenvalue weighted by Crippen LogP contribution is 2.33. The molecular formula is C5H6Cl3NO2. The monoisotopic (exact) mass is 217 g/mol. The topological polar surface area (TPSA) is 38.3 Å². The Kier molecular flexibility index (Phi) is 2.54. The van der Waals surface area contributed by atoms with Crippen molar-refractivity contribution in [2.75, 3.05) is 0 Å². The summed E-state index contributed by atoms with van der Waals surface area (Å²) in [7, 11) is 0. The fraction of sp³-hybridized carbons (Fsp3) is 0.800. The van der Waals surface area contributed by atoms with Crippen LogP contribution in [0.1, 0.15) is 6.92 Å². The van der Waals surface area contributed by atoms with Gasteiger partial charge < -0.3 is 4.74 Å². The van der Waals surface area contributed by atoms with Crippen LogP contribution in [-0.4, -0.2) is 22.0 Å². The van der Waals surface area contributed by atoms with Gasteiger partial charge in [-0.1, -0.05) is 34.8 Å². The molecule has 64 valence electrons. The van der Waals surface area contributed by atoms with E-state index in [4.69, 9.17) is 39.5 Å². The number of hydrogen-bond donors (Lipinski definition) is 1. The van der Waals surface area contributed by atoms with Crippen molar-refractivity contribution in [3.05, 3.63) is 0 Å². The van der Waals surface area contributed by atoms with Gasteiger partial charge in [-0.25, -0.2) is 0 Å². The Morgan fingerprint density at radius 2 is 2.09 bits per heavy atom. The molecule has 1 rings (SSSR count). The van der Waals surface area contributed by atoms with Crippen molar-refractivity contribution < 1.29 is 9.53 Å². The summed E-state index contributed by atoms with van der Waals surface area (Å²) < 4.78 is 3.10. The minimum atomic E-state index is -1.60. The lowest BCUT2D eigenvalue weighted by Crippen LogP contribution is -2.38. The third-order valence-corrected chi connectivity index (χ3v) is 1.88. The largest absolute Gasteiger partial charge is 0.441 e. The van der Waals surface area contributed by atoms with E-state index < -0.39 is 22.0 Å². The molecule has 0 bridgehead atoms. The Labute approximate surface area is 78.9 Å². The van der Waals surface area contributed by atoms with Crippen LogP contribution < -0.4 is 5.32 Å². The van der Waals surface area contributed by atoms with Crippen molar-refractivity contribution in [2.45, 2.75) is 23.0 Å². The van der Waals surface area contributed by atoms with Crippen LogP contribution in [0.15, 0.2) is 0 Å². The van der Waals surface area contributed by atoms with Gasteiger partial charge in [-0.3, -0.25) is 10.1 Å². The van der Waals surface area contributed by atoms with E-state index in [0.717, 1.165) is 0 Å². The number of hydrogen-bond acceptors (Lipinski definition) is 3. The van der Waals surface area contributed by atoms with Crippen LogP contribution in [0.2, 0.25) is 0 Å². The lowest BCUT2D eigenvalue weighted by Gasteiger charge is -2.17. The zero-order chi connectivity index (χ0) is 8.65. The summed E-state index contributed by atoms with van der Waals surface area (Å²) in [5.74, 6) is -0.402. The minimum absolute atomic E-state index is 0.402. The van der Waals surface area contributed by atoms with Crippen LogP contribution in [0.25, 0.3) is 0 Å². The first-order valence-corrected chi connectivity index (χ1v) is 4.08. The maximum absolute atomic E-state index is 10.8. The Bertz CT molecular complexity index is 179. The van der Waals surface area contributed by atoms with Crippen molar-refractivity contribution in [1.29, 1.82) is 0 Å². The molecule has 1 saturated heterocycles. The van der Waals surface area contributed by atoms with Gasteiger partial charge in [0.25, 0.3) is 0 Å². The predicted octanol–water partition coefficient (Wildman–Crippen LogP) is 1.22. The molecular weight excluding hydrogens is 212 g/mol. The quantitative estimate of drug-likeness (QED) is 0.491. The van der Waals surface area contributed by atoms with Gasteiger partial charge in [-0.15, -0.1) is 0 Å². The van der Waals surface area contributed by atoms with E-state index in [-0.39, 0.29) is 0 Å². The Morgan fingerprint density at radius 1 is 1.55 bits per heavy atom. The number of rotatable bonds is 0. The average molecular weight is 218 g/mol. The summed E-state index contributed by atoms with van der Waals surface area (Å²) in [6.07, 6.45) is -0.838. The molecule has 1 aliphatic heterocycles. The van der Waals surface area contributed by atoms with Crippen molar-refractivity contribution in [1.82, 2.24) is 5.32 Å². The van der Waals surface area contributed by atoms with Gasteiger partial charge in [0.2, 0.25) is 10.0 Å². The molecule has 1 heterocycles. The molecule has 1 N–H and O–H groups in total. The number of cyclic esters (lactones) is 1. The van der Waals surface area contributed by atoms with E-state index in [0.29, 0.717) is 0 Å². The standard InChI is InChI=1S/C5H6Cl3NO2/c1-2-3(10)11-4(9-2)5(6,7)8/h2,4,9H,1H3. The first kappa shape index (κ1) is 9.39. The van der Waals surface area contributed by atoms with E-state index in [1.807, 2.05) is 0 Å². The second-order valence-corrected chi connectivity index (χ2v) is 4.62. The smallest absolute Gasteiger partial charge is 0.324 e. The number of carbonyl (C=O) groups excluding carboxylic acids is 1. The average Bonchev–Trinajstić information content (AvgIpc) is 2.11. The maximum atomic E-state index is 10.8. The molecule has 2 atom stereocenters. The van der Waals surface area contributed by atoms with Crippen LogP contribution in [0.4, 0.5) is 0 Å².